The third-order valence-corrected chi connectivity index (χ3v) is 4.34. The zero-order valence-corrected chi connectivity index (χ0v) is 16.7. The fourth-order valence-electron chi connectivity index (χ4n) is 3.01. The minimum Gasteiger partial charge on any atom is -0.349 e. The van der Waals surface area contributed by atoms with Crippen molar-refractivity contribution >= 4 is 11.8 Å². The summed E-state index contributed by atoms with van der Waals surface area (Å²) in [5, 5.41) is 4.08. The number of guanidine groups is 1. The first-order valence-electron chi connectivity index (χ1n) is 9.17. The molecule has 146 valence electrons. The predicted molar refractivity (Wildman–Crippen MR) is 110 cm³/mol. The molecule has 3 aromatic rings. The molecule has 3 rings (SSSR count). The largest absolute Gasteiger partial charge is 0.349 e. The first-order valence-corrected chi connectivity index (χ1v) is 9.17. The van der Waals surface area contributed by atoms with Crippen LogP contribution in [0.1, 0.15) is 11.3 Å². The van der Waals surface area contributed by atoms with E-state index in [1.54, 1.807) is 6.07 Å². The Hall–Kier alpha value is -3.15. The van der Waals surface area contributed by atoms with Crippen LogP contribution in [0.15, 0.2) is 64.1 Å². The molecular formula is C22H25FN4O. The van der Waals surface area contributed by atoms with Crippen molar-refractivity contribution in [3.05, 3.63) is 71.7 Å². The Morgan fingerprint density at radius 3 is 2.32 bits per heavy atom. The molecule has 0 unspecified atom stereocenters. The van der Waals surface area contributed by atoms with Gasteiger partial charge in [-0.2, -0.15) is 4.99 Å². The molecule has 0 saturated heterocycles. The fraction of sp³-hybridized carbons (Fsp3) is 0.273. The second-order valence-corrected chi connectivity index (χ2v) is 7.04. The molecule has 0 radical (unpaired) electrons. The number of hydrogen-bond donors (Lipinski definition) is 0. The molecule has 0 aliphatic carbocycles. The van der Waals surface area contributed by atoms with Crippen LogP contribution in [0.5, 0.6) is 0 Å². The summed E-state index contributed by atoms with van der Waals surface area (Å²) in [6.45, 7) is 0. The van der Waals surface area contributed by atoms with Crippen LogP contribution >= 0.6 is 0 Å². The third-order valence-electron chi connectivity index (χ3n) is 4.34. The van der Waals surface area contributed by atoms with Crippen molar-refractivity contribution in [3.8, 4) is 11.1 Å². The van der Waals surface area contributed by atoms with Crippen molar-refractivity contribution in [2.24, 2.45) is 4.99 Å². The quantitative estimate of drug-likeness (QED) is 0.487. The number of halogens is 1. The molecule has 0 N–H and O–H groups in total. The molecule has 0 amide bonds. The molecule has 0 atom stereocenters. The smallest absolute Gasteiger partial charge is 0.253 e. The molecule has 6 heteroatoms. The summed E-state index contributed by atoms with van der Waals surface area (Å²) in [5.74, 6) is 1.01. The predicted octanol–water partition coefficient (Wildman–Crippen LogP) is 4.38. The number of rotatable bonds is 5. The van der Waals surface area contributed by atoms with Crippen LogP contribution in [0.25, 0.3) is 11.1 Å². The van der Waals surface area contributed by atoms with Gasteiger partial charge >= 0.3 is 0 Å². The van der Waals surface area contributed by atoms with Gasteiger partial charge in [-0.25, -0.2) is 4.39 Å². The second-order valence-electron chi connectivity index (χ2n) is 7.04. The van der Waals surface area contributed by atoms with Crippen LogP contribution in [0.2, 0.25) is 0 Å². The summed E-state index contributed by atoms with van der Waals surface area (Å²) in [4.78, 5) is 8.28. The van der Waals surface area contributed by atoms with Gasteiger partial charge in [0.2, 0.25) is 5.96 Å². The maximum Gasteiger partial charge on any atom is 0.253 e. The van der Waals surface area contributed by atoms with E-state index in [9.17, 15) is 4.39 Å². The first kappa shape index (κ1) is 19.6. The van der Waals surface area contributed by atoms with Gasteiger partial charge in [0, 0.05) is 39.8 Å². The van der Waals surface area contributed by atoms with Crippen LogP contribution in [-0.2, 0) is 12.8 Å². The van der Waals surface area contributed by atoms with Gasteiger partial charge < -0.3 is 14.3 Å². The summed E-state index contributed by atoms with van der Waals surface area (Å²) >= 11 is 0. The molecule has 0 saturated carbocycles. The van der Waals surface area contributed by atoms with Gasteiger partial charge in [0.05, 0.1) is 5.69 Å². The maximum atomic E-state index is 14.5. The molecule has 0 bridgehead atoms. The van der Waals surface area contributed by atoms with E-state index >= 15 is 0 Å². The molecule has 0 fully saturated rings. The Labute approximate surface area is 165 Å². The summed E-state index contributed by atoms with van der Waals surface area (Å²) in [5.41, 5.74) is 3.21. The van der Waals surface area contributed by atoms with Crippen molar-refractivity contribution in [1.29, 1.82) is 0 Å². The summed E-state index contributed by atoms with van der Waals surface area (Å²) in [6, 6.07) is 16.8. The van der Waals surface area contributed by atoms with Crippen LogP contribution in [0.4, 0.5) is 10.3 Å². The minimum absolute atomic E-state index is 0.212. The highest BCUT2D eigenvalue weighted by molar-refractivity contribution is 5.81. The molecule has 0 spiro atoms. The number of benzene rings is 2. The number of aromatic nitrogens is 1. The molecule has 28 heavy (non-hydrogen) atoms. The van der Waals surface area contributed by atoms with Crippen LogP contribution in [-0.4, -0.2) is 49.1 Å². The zero-order chi connectivity index (χ0) is 20.1. The van der Waals surface area contributed by atoms with Crippen LogP contribution in [0, 0.1) is 5.82 Å². The Morgan fingerprint density at radius 1 is 0.964 bits per heavy atom. The lowest BCUT2D eigenvalue weighted by molar-refractivity contribution is 0.415. The highest BCUT2D eigenvalue weighted by Crippen LogP contribution is 2.24. The van der Waals surface area contributed by atoms with Crippen molar-refractivity contribution < 1.29 is 8.91 Å². The average molecular weight is 380 g/mol. The molecule has 1 heterocycles. The van der Waals surface area contributed by atoms with Crippen molar-refractivity contribution in [2.45, 2.75) is 12.8 Å². The van der Waals surface area contributed by atoms with E-state index in [1.165, 1.54) is 0 Å². The lowest BCUT2D eigenvalue weighted by Gasteiger charge is -2.21. The minimum atomic E-state index is -0.212. The van der Waals surface area contributed by atoms with E-state index in [4.69, 9.17) is 4.52 Å². The van der Waals surface area contributed by atoms with E-state index in [2.05, 4.69) is 10.1 Å². The highest BCUT2D eigenvalue weighted by Gasteiger charge is 2.10. The lowest BCUT2D eigenvalue weighted by atomic mass is 10.0. The molecule has 5 nitrogen and oxygen atoms in total. The Balaban J connectivity index is 1.68. The molecule has 0 aliphatic rings. The SMILES string of the molecule is CN(C)C(=Nc1cc(CCc2ccc(-c3ccccc3)c(F)c2)no1)N(C)C. The van der Waals surface area contributed by atoms with Crippen molar-refractivity contribution in [1.82, 2.24) is 15.0 Å². The standard InChI is InChI=1S/C22H25FN4O/c1-26(2)22(27(3)4)24-21-15-18(25-28-21)12-10-16-11-13-19(20(23)14-16)17-8-6-5-7-9-17/h5-9,11,13-15H,10,12H2,1-4H3. The zero-order valence-electron chi connectivity index (χ0n) is 16.7. The second kappa shape index (κ2) is 8.69. The van der Waals surface area contributed by atoms with E-state index in [0.717, 1.165) is 22.8 Å². The van der Waals surface area contributed by atoms with Gasteiger partial charge in [0.15, 0.2) is 0 Å². The van der Waals surface area contributed by atoms with Crippen LogP contribution in [0.3, 0.4) is 0 Å². The Bertz CT molecular complexity index is 938. The molecule has 1 aromatic heterocycles. The number of aliphatic imine (C=N–C) groups is 1. The first-order chi connectivity index (χ1) is 13.4. The van der Waals surface area contributed by atoms with Gasteiger partial charge in [0.1, 0.15) is 5.82 Å². The van der Waals surface area contributed by atoms with Gasteiger partial charge in [-0.15, -0.1) is 0 Å². The molecular weight excluding hydrogens is 355 g/mol. The van der Waals surface area contributed by atoms with Crippen LogP contribution < -0.4 is 0 Å². The van der Waals surface area contributed by atoms with E-state index < -0.39 is 0 Å². The van der Waals surface area contributed by atoms with Gasteiger partial charge in [-0.05, 0) is 30.0 Å². The normalized spacial score (nSPS) is 10.6. The van der Waals surface area contributed by atoms with Gasteiger partial charge in [-0.1, -0.05) is 47.6 Å². The summed E-state index contributed by atoms with van der Waals surface area (Å²) in [7, 11) is 7.68. The van der Waals surface area contributed by atoms with E-state index in [1.807, 2.05) is 86.5 Å². The topological polar surface area (TPSA) is 44.9 Å². The highest BCUT2D eigenvalue weighted by atomic mass is 19.1. The molecule has 2 aromatic carbocycles. The number of aryl methyl sites for hydroxylation is 2. The maximum absolute atomic E-state index is 14.5. The Kier molecular flexibility index (Phi) is 6.09. The monoisotopic (exact) mass is 380 g/mol. The molecule has 0 aliphatic heterocycles. The summed E-state index contributed by atoms with van der Waals surface area (Å²) < 4.78 is 19.8. The van der Waals surface area contributed by atoms with Crippen molar-refractivity contribution in [3.63, 3.8) is 0 Å². The fourth-order valence-corrected chi connectivity index (χ4v) is 3.01. The average Bonchev–Trinajstić information content (AvgIpc) is 3.12. The van der Waals surface area contributed by atoms with Gasteiger partial charge in [0.25, 0.3) is 5.88 Å². The number of nitrogens with zero attached hydrogens (tertiary/aromatic N) is 4. The Morgan fingerprint density at radius 2 is 1.68 bits per heavy atom. The van der Waals surface area contributed by atoms with E-state index in [-0.39, 0.29) is 5.82 Å². The van der Waals surface area contributed by atoms with E-state index in [0.29, 0.717) is 24.3 Å². The number of hydrogen-bond acceptors (Lipinski definition) is 3. The third kappa shape index (κ3) is 4.76. The van der Waals surface area contributed by atoms with Gasteiger partial charge in [-0.3, -0.25) is 0 Å². The van der Waals surface area contributed by atoms with Crippen molar-refractivity contribution in [2.75, 3.05) is 28.2 Å². The summed E-state index contributed by atoms with van der Waals surface area (Å²) in [6.07, 6.45) is 1.33. The lowest BCUT2D eigenvalue weighted by Crippen LogP contribution is -2.35.